The van der Waals surface area contributed by atoms with Gasteiger partial charge >= 0.3 is 0 Å². The first-order valence-electron chi connectivity index (χ1n) is 4.46. The van der Waals surface area contributed by atoms with Crippen molar-refractivity contribution < 1.29 is 19.4 Å². The van der Waals surface area contributed by atoms with Crippen molar-refractivity contribution in [2.24, 2.45) is 5.73 Å². The fourth-order valence-electron chi connectivity index (χ4n) is 1.28. The topological polar surface area (TPSA) is 93.8 Å². The van der Waals surface area contributed by atoms with Gasteiger partial charge < -0.3 is 25.6 Å². The average Bonchev–Trinajstić information content (AvgIpc) is 2.46. The molecule has 1 heterocycles. The van der Waals surface area contributed by atoms with Crippen molar-refractivity contribution in [1.29, 1.82) is 0 Å². The number of rotatable bonds is 4. The molecule has 1 amide bonds. The summed E-state index contributed by atoms with van der Waals surface area (Å²) in [5.74, 6) is -0.233. The summed E-state index contributed by atoms with van der Waals surface area (Å²) in [6.07, 6.45) is -1.12. The summed E-state index contributed by atoms with van der Waals surface area (Å²) in [6, 6.07) is -0.362. The van der Waals surface area contributed by atoms with Gasteiger partial charge in [-0.2, -0.15) is 0 Å². The Kier molecular flexibility index (Phi) is 4.27. The number of hydrogen-bond acceptors (Lipinski definition) is 5. The van der Waals surface area contributed by atoms with Gasteiger partial charge in [-0.1, -0.05) is 0 Å². The second kappa shape index (κ2) is 5.26. The van der Waals surface area contributed by atoms with Crippen molar-refractivity contribution >= 4 is 5.91 Å². The molecule has 0 aromatic rings. The second-order valence-electron chi connectivity index (χ2n) is 3.26. The van der Waals surface area contributed by atoms with E-state index in [0.29, 0.717) is 6.61 Å². The maximum Gasteiger partial charge on any atom is 0.246 e. The van der Waals surface area contributed by atoms with E-state index in [9.17, 15) is 9.90 Å². The van der Waals surface area contributed by atoms with Crippen LogP contribution in [0.1, 0.15) is 0 Å². The van der Waals surface area contributed by atoms with Crippen LogP contribution in [0.3, 0.4) is 0 Å². The molecule has 0 spiro atoms. The number of nitrogens with one attached hydrogen (secondary N) is 1. The molecule has 1 saturated heterocycles. The van der Waals surface area contributed by atoms with Gasteiger partial charge in [0.1, 0.15) is 12.7 Å². The fourth-order valence-corrected chi connectivity index (χ4v) is 1.28. The van der Waals surface area contributed by atoms with E-state index in [1.807, 2.05) is 0 Å². The van der Waals surface area contributed by atoms with Gasteiger partial charge in [0.15, 0.2) is 0 Å². The van der Waals surface area contributed by atoms with Crippen molar-refractivity contribution in [2.75, 3.05) is 26.9 Å². The number of hydrogen-bond donors (Lipinski definition) is 3. The molecule has 3 atom stereocenters. The highest BCUT2D eigenvalue weighted by molar-refractivity contribution is 5.77. The van der Waals surface area contributed by atoms with Crippen LogP contribution in [0.25, 0.3) is 0 Å². The predicted molar refractivity (Wildman–Crippen MR) is 48.6 cm³/mol. The lowest BCUT2D eigenvalue weighted by Gasteiger charge is -2.15. The van der Waals surface area contributed by atoms with Gasteiger partial charge in [0, 0.05) is 13.7 Å². The maximum absolute atomic E-state index is 11.0. The van der Waals surface area contributed by atoms with Gasteiger partial charge in [0.05, 0.1) is 18.8 Å². The minimum absolute atomic E-state index is 0.00880. The van der Waals surface area contributed by atoms with Gasteiger partial charge in [0.2, 0.25) is 5.91 Å². The number of nitrogens with two attached hydrogens (primary N) is 1. The molecule has 82 valence electrons. The van der Waals surface area contributed by atoms with Crippen molar-refractivity contribution in [3.63, 3.8) is 0 Å². The van der Waals surface area contributed by atoms with E-state index in [2.05, 4.69) is 10.1 Å². The lowest BCUT2D eigenvalue weighted by atomic mass is 10.1. The zero-order valence-electron chi connectivity index (χ0n) is 8.10. The number of carbonyl (C=O) groups excluding carboxylic acids is 1. The number of aliphatic hydroxyl groups is 1. The highest BCUT2D eigenvalue weighted by atomic mass is 16.5. The summed E-state index contributed by atoms with van der Waals surface area (Å²) < 4.78 is 9.80. The Morgan fingerprint density at radius 1 is 1.79 bits per heavy atom. The number of methoxy groups -OCH3 is 1. The van der Waals surface area contributed by atoms with E-state index in [0.717, 1.165) is 0 Å². The molecule has 14 heavy (non-hydrogen) atoms. The van der Waals surface area contributed by atoms with Crippen LogP contribution in [-0.2, 0) is 14.3 Å². The molecule has 1 rings (SSSR count). The van der Waals surface area contributed by atoms with Crippen molar-refractivity contribution in [3.05, 3.63) is 0 Å². The van der Waals surface area contributed by atoms with E-state index in [4.69, 9.17) is 10.5 Å². The summed E-state index contributed by atoms with van der Waals surface area (Å²) in [7, 11) is 1.44. The lowest BCUT2D eigenvalue weighted by molar-refractivity contribution is -0.125. The summed E-state index contributed by atoms with van der Waals surface area (Å²) in [6.45, 7) is 0.595. The van der Waals surface area contributed by atoms with Gasteiger partial charge in [0.25, 0.3) is 0 Å². The Morgan fingerprint density at radius 3 is 3.00 bits per heavy atom. The molecule has 1 fully saturated rings. The Labute approximate surface area is 82.4 Å². The van der Waals surface area contributed by atoms with Crippen molar-refractivity contribution in [3.8, 4) is 0 Å². The highest BCUT2D eigenvalue weighted by Gasteiger charge is 2.33. The molecule has 6 nitrogen and oxygen atoms in total. The first-order valence-corrected chi connectivity index (χ1v) is 4.46. The van der Waals surface area contributed by atoms with Crippen LogP contribution in [0.4, 0.5) is 0 Å². The van der Waals surface area contributed by atoms with Crippen molar-refractivity contribution in [2.45, 2.75) is 18.2 Å². The van der Waals surface area contributed by atoms with Crippen molar-refractivity contribution in [1.82, 2.24) is 5.32 Å². The third-order valence-corrected chi connectivity index (χ3v) is 2.10. The zero-order valence-corrected chi connectivity index (χ0v) is 8.10. The number of amides is 1. The molecule has 0 aromatic heterocycles. The molecule has 1 aliphatic rings. The maximum atomic E-state index is 11.0. The Bertz CT molecular complexity index is 200. The first kappa shape index (κ1) is 11.4. The summed E-state index contributed by atoms with van der Waals surface area (Å²) >= 11 is 0. The molecule has 0 aromatic carbocycles. The molecule has 1 aliphatic heterocycles. The van der Waals surface area contributed by atoms with Gasteiger partial charge in [-0.05, 0) is 0 Å². The van der Waals surface area contributed by atoms with Gasteiger partial charge in [-0.15, -0.1) is 0 Å². The highest BCUT2D eigenvalue weighted by Crippen LogP contribution is 2.11. The van der Waals surface area contributed by atoms with Crippen LogP contribution in [0.5, 0.6) is 0 Å². The quantitative estimate of drug-likeness (QED) is 0.485. The third kappa shape index (κ3) is 2.91. The average molecular weight is 204 g/mol. The second-order valence-corrected chi connectivity index (χ2v) is 3.26. The Morgan fingerprint density at radius 2 is 2.50 bits per heavy atom. The van der Waals surface area contributed by atoms with Crippen LogP contribution in [0.2, 0.25) is 0 Å². The standard InChI is InChI=1S/C8H16N2O4/c1-13-4-7(11)10-2-6-8(12)5(9)3-14-6/h5-6,8,12H,2-4,9H2,1H3,(H,10,11). The third-order valence-electron chi connectivity index (χ3n) is 2.10. The van der Waals surface area contributed by atoms with Gasteiger partial charge in [-0.25, -0.2) is 0 Å². The van der Waals surface area contributed by atoms with E-state index in [1.54, 1.807) is 0 Å². The van der Waals surface area contributed by atoms with E-state index < -0.39 is 12.2 Å². The lowest BCUT2D eigenvalue weighted by Crippen LogP contribution is -2.43. The molecule has 4 N–H and O–H groups in total. The molecule has 0 radical (unpaired) electrons. The molecule has 0 saturated carbocycles. The molecule has 0 bridgehead atoms. The summed E-state index contributed by atoms with van der Waals surface area (Å²) in [4.78, 5) is 11.0. The minimum Gasteiger partial charge on any atom is -0.389 e. The minimum atomic E-state index is -0.710. The monoisotopic (exact) mass is 204 g/mol. The molecule has 0 aliphatic carbocycles. The van der Waals surface area contributed by atoms with Crippen LogP contribution in [0, 0.1) is 0 Å². The van der Waals surface area contributed by atoms with E-state index in [-0.39, 0.29) is 25.1 Å². The van der Waals surface area contributed by atoms with Crippen LogP contribution < -0.4 is 11.1 Å². The molecule has 6 heteroatoms. The predicted octanol–water partition coefficient (Wildman–Crippen LogP) is -2.16. The van der Waals surface area contributed by atoms with Crippen LogP contribution in [0.15, 0.2) is 0 Å². The Hall–Kier alpha value is -0.690. The molecule has 3 unspecified atom stereocenters. The zero-order chi connectivity index (χ0) is 10.6. The first-order chi connectivity index (χ1) is 6.65. The summed E-state index contributed by atoms with van der Waals surface area (Å²) in [5, 5.41) is 12.0. The van der Waals surface area contributed by atoms with Crippen LogP contribution >= 0.6 is 0 Å². The van der Waals surface area contributed by atoms with Crippen LogP contribution in [-0.4, -0.2) is 56.1 Å². The fraction of sp³-hybridized carbons (Fsp3) is 0.875. The number of carbonyl (C=O) groups is 1. The number of ether oxygens (including phenoxy) is 2. The molecular formula is C8H16N2O4. The van der Waals surface area contributed by atoms with E-state index in [1.165, 1.54) is 7.11 Å². The normalized spacial score (nSPS) is 31.8. The van der Waals surface area contributed by atoms with E-state index >= 15 is 0 Å². The summed E-state index contributed by atoms with van der Waals surface area (Å²) in [5.41, 5.74) is 5.52. The largest absolute Gasteiger partial charge is 0.389 e. The molecular weight excluding hydrogens is 188 g/mol. The smallest absolute Gasteiger partial charge is 0.246 e. The number of aliphatic hydroxyl groups excluding tert-OH is 1. The Balaban J connectivity index is 2.22. The SMILES string of the molecule is COCC(=O)NCC1OCC(N)C1O. The van der Waals surface area contributed by atoms with Gasteiger partial charge in [-0.3, -0.25) is 4.79 Å².